The van der Waals surface area contributed by atoms with E-state index in [1.807, 2.05) is 0 Å². The van der Waals surface area contributed by atoms with Gasteiger partial charge in [-0.1, -0.05) is 29.3 Å². The van der Waals surface area contributed by atoms with Crippen molar-refractivity contribution in [2.45, 2.75) is 36.9 Å². The van der Waals surface area contributed by atoms with Crippen LogP contribution in [0, 0.1) is 5.92 Å². The number of pyridine rings is 1. The molecule has 1 aliphatic rings. The van der Waals surface area contributed by atoms with Gasteiger partial charge in [0.05, 0.1) is 35.8 Å². The molecule has 14 heteroatoms. The van der Waals surface area contributed by atoms with Gasteiger partial charge in [0.25, 0.3) is 0 Å². The van der Waals surface area contributed by atoms with Crippen LogP contribution in [-0.2, 0) is 25.8 Å². The van der Waals surface area contributed by atoms with Crippen molar-refractivity contribution in [2.24, 2.45) is 5.92 Å². The smallest absolute Gasteiger partial charge is 0.387 e. The topological polar surface area (TPSA) is 110 Å². The van der Waals surface area contributed by atoms with Crippen molar-refractivity contribution in [2.75, 3.05) is 26.6 Å². The lowest BCUT2D eigenvalue weighted by molar-refractivity contribution is -0.146. The van der Waals surface area contributed by atoms with Gasteiger partial charge in [-0.3, -0.25) is 9.78 Å². The first-order valence-electron chi connectivity index (χ1n) is 12.6. The maximum absolute atomic E-state index is 13.1. The van der Waals surface area contributed by atoms with Gasteiger partial charge in [0, 0.05) is 24.9 Å². The molecule has 1 atom stereocenters. The Morgan fingerprint density at radius 3 is 2.26 bits per heavy atom. The van der Waals surface area contributed by atoms with Crippen LogP contribution in [0.5, 0.6) is 23.0 Å². The van der Waals surface area contributed by atoms with E-state index >= 15 is 0 Å². The van der Waals surface area contributed by atoms with Crippen LogP contribution in [0.4, 0.5) is 8.78 Å². The highest BCUT2D eigenvalue weighted by atomic mass is 35.5. The fraction of sp³-hybridized carbons (Fsp3) is 0.357. The van der Waals surface area contributed by atoms with E-state index in [2.05, 4.69) is 9.72 Å². The van der Waals surface area contributed by atoms with Crippen LogP contribution >= 0.6 is 23.2 Å². The summed E-state index contributed by atoms with van der Waals surface area (Å²) in [5.41, 5.74) is 0.686. The zero-order chi connectivity index (χ0) is 30.4. The number of rotatable bonds is 14. The van der Waals surface area contributed by atoms with Crippen LogP contribution in [0.3, 0.4) is 0 Å². The highest BCUT2D eigenvalue weighted by molar-refractivity contribution is 7.92. The number of ether oxygens (including phenoxy) is 5. The molecule has 1 heterocycles. The summed E-state index contributed by atoms with van der Waals surface area (Å²) in [6, 6.07) is 8.00. The third-order valence-electron chi connectivity index (χ3n) is 6.36. The molecule has 1 aliphatic carbocycles. The summed E-state index contributed by atoms with van der Waals surface area (Å²) in [4.78, 5) is 16.8. The zero-order valence-corrected chi connectivity index (χ0v) is 24.8. The van der Waals surface area contributed by atoms with Crippen LogP contribution in [0.2, 0.25) is 10.0 Å². The second-order valence-electron chi connectivity index (χ2n) is 9.38. The molecule has 42 heavy (non-hydrogen) atoms. The average molecular weight is 646 g/mol. The summed E-state index contributed by atoms with van der Waals surface area (Å²) in [7, 11) is -1.42. The monoisotopic (exact) mass is 645 g/mol. The number of alkyl halides is 2. The molecule has 1 fully saturated rings. The van der Waals surface area contributed by atoms with Crippen LogP contribution in [0.15, 0.2) is 53.7 Å². The summed E-state index contributed by atoms with van der Waals surface area (Å²) in [6.07, 6.45) is 3.40. The first-order valence-corrected chi connectivity index (χ1v) is 15.0. The van der Waals surface area contributed by atoms with E-state index in [-0.39, 0.29) is 38.6 Å². The molecule has 226 valence electrons. The largest absolute Gasteiger partial charge is 0.493 e. The van der Waals surface area contributed by atoms with Gasteiger partial charge in [-0.2, -0.15) is 8.78 Å². The molecular formula is C28H27Cl2F2NO8S. The Bertz CT molecular complexity index is 1520. The lowest BCUT2D eigenvalue weighted by Crippen LogP contribution is -2.22. The lowest BCUT2D eigenvalue weighted by Gasteiger charge is -2.21. The Balaban J connectivity index is 1.64. The van der Waals surface area contributed by atoms with E-state index in [4.69, 9.17) is 42.1 Å². The number of carbonyl (C=O) groups is 1. The van der Waals surface area contributed by atoms with Crippen molar-refractivity contribution >= 4 is 39.0 Å². The quantitative estimate of drug-likeness (QED) is 0.192. The van der Waals surface area contributed by atoms with Gasteiger partial charge >= 0.3 is 12.6 Å². The van der Waals surface area contributed by atoms with Gasteiger partial charge in [0.15, 0.2) is 38.6 Å². The second-order valence-corrected chi connectivity index (χ2v) is 12.2. The first kappa shape index (κ1) is 31.6. The standard InChI is InChI=1S/C28H27Cl2F2NO8S/c1-37-22-8-6-18(10-25(22)38-2)42(35,36)15-27(34)40-24(11-19-20(29)12-33-13-21(19)30)17-5-7-23(41-28(31)32)26(9-17)39-14-16-3-4-16/h5-10,12-13,16,24,28H,3-4,11,14-15H2,1-2H3/t24-/m0/s1. The van der Waals surface area contributed by atoms with Crippen LogP contribution in [0.25, 0.3) is 0 Å². The van der Waals surface area contributed by atoms with E-state index in [1.165, 1.54) is 63.0 Å². The fourth-order valence-corrected chi connectivity index (χ4v) is 5.64. The summed E-state index contributed by atoms with van der Waals surface area (Å²) in [5, 5.41) is 0.369. The van der Waals surface area contributed by atoms with E-state index in [1.54, 1.807) is 0 Å². The molecule has 0 aliphatic heterocycles. The molecule has 1 saturated carbocycles. The minimum atomic E-state index is -4.17. The van der Waals surface area contributed by atoms with E-state index in [0.29, 0.717) is 29.4 Å². The highest BCUT2D eigenvalue weighted by Gasteiger charge is 2.28. The third kappa shape index (κ3) is 8.14. The molecule has 0 spiro atoms. The molecule has 4 rings (SSSR count). The molecule has 0 amide bonds. The minimum Gasteiger partial charge on any atom is -0.493 e. The number of sulfone groups is 1. The molecule has 1 aromatic heterocycles. The lowest BCUT2D eigenvalue weighted by atomic mass is 10.0. The van der Waals surface area contributed by atoms with Crippen molar-refractivity contribution < 1.29 is 45.7 Å². The Morgan fingerprint density at radius 1 is 0.976 bits per heavy atom. The molecule has 0 bridgehead atoms. The summed E-state index contributed by atoms with van der Waals surface area (Å²) in [5.74, 6) is -1.49. The number of aromatic nitrogens is 1. The van der Waals surface area contributed by atoms with Gasteiger partial charge in [0.1, 0.15) is 6.10 Å². The zero-order valence-electron chi connectivity index (χ0n) is 22.5. The van der Waals surface area contributed by atoms with Crippen molar-refractivity contribution in [1.82, 2.24) is 4.98 Å². The molecule has 0 N–H and O–H groups in total. The van der Waals surface area contributed by atoms with Gasteiger partial charge < -0.3 is 23.7 Å². The van der Waals surface area contributed by atoms with Crippen LogP contribution in [0.1, 0.15) is 30.1 Å². The average Bonchev–Trinajstić information content (AvgIpc) is 3.77. The van der Waals surface area contributed by atoms with Gasteiger partial charge in [-0.05, 0) is 54.2 Å². The Morgan fingerprint density at radius 2 is 1.64 bits per heavy atom. The number of methoxy groups -OCH3 is 2. The number of nitrogens with zero attached hydrogens (tertiary/aromatic N) is 1. The van der Waals surface area contributed by atoms with Crippen molar-refractivity contribution in [1.29, 1.82) is 0 Å². The molecule has 9 nitrogen and oxygen atoms in total. The fourth-order valence-electron chi connectivity index (χ4n) is 4.01. The Kier molecular flexibility index (Phi) is 10.3. The van der Waals surface area contributed by atoms with E-state index < -0.39 is 34.3 Å². The van der Waals surface area contributed by atoms with E-state index in [9.17, 15) is 22.0 Å². The van der Waals surface area contributed by atoms with Crippen molar-refractivity contribution in [3.63, 3.8) is 0 Å². The maximum atomic E-state index is 13.1. The van der Waals surface area contributed by atoms with Gasteiger partial charge in [0.2, 0.25) is 0 Å². The molecule has 3 aromatic rings. The summed E-state index contributed by atoms with van der Waals surface area (Å²) >= 11 is 12.6. The molecule has 0 radical (unpaired) electrons. The normalized spacial score (nSPS) is 13.9. The van der Waals surface area contributed by atoms with Crippen molar-refractivity contribution in [3.8, 4) is 23.0 Å². The predicted octanol–water partition coefficient (Wildman–Crippen LogP) is 6.10. The minimum absolute atomic E-state index is 0.0191. The Labute approximate surface area is 251 Å². The van der Waals surface area contributed by atoms with E-state index in [0.717, 1.165) is 12.8 Å². The third-order valence-corrected chi connectivity index (χ3v) is 8.60. The molecular weight excluding hydrogens is 619 g/mol. The number of halogens is 4. The predicted molar refractivity (Wildman–Crippen MR) is 150 cm³/mol. The van der Waals surface area contributed by atoms with Gasteiger partial charge in [-0.25, -0.2) is 8.42 Å². The maximum Gasteiger partial charge on any atom is 0.387 e. The second kappa shape index (κ2) is 13.7. The molecule has 0 unspecified atom stereocenters. The summed E-state index contributed by atoms with van der Waals surface area (Å²) in [6.45, 7) is -2.80. The molecule has 0 saturated heterocycles. The number of hydrogen-bond donors (Lipinski definition) is 0. The number of carbonyl (C=O) groups excluding carboxylic acids is 1. The van der Waals surface area contributed by atoms with Crippen LogP contribution in [-0.4, -0.2) is 52.6 Å². The molecule has 2 aromatic carbocycles. The summed E-state index contributed by atoms with van der Waals surface area (Å²) < 4.78 is 78.6. The van der Waals surface area contributed by atoms with Gasteiger partial charge in [-0.15, -0.1) is 0 Å². The number of hydrogen-bond acceptors (Lipinski definition) is 9. The number of benzene rings is 2. The van der Waals surface area contributed by atoms with Crippen LogP contribution < -0.4 is 18.9 Å². The number of esters is 1. The first-order chi connectivity index (χ1) is 20.0. The highest BCUT2D eigenvalue weighted by Crippen LogP contribution is 2.38. The SMILES string of the molecule is COc1ccc(S(=O)(=O)CC(=O)O[C@@H](Cc2c(Cl)cncc2Cl)c2ccc(OC(F)F)c(OCC3CC3)c2)cc1OC. The Hall–Kier alpha value is -3.35. The van der Waals surface area contributed by atoms with Crippen molar-refractivity contribution in [3.05, 3.63) is 70.0 Å².